The van der Waals surface area contributed by atoms with Crippen molar-refractivity contribution in [2.45, 2.75) is 44.7 Å². The highest BCUT2D eigenvalue weighted by atomic mass is 16.2. The van der Waals surface area contributed by atoms with Gasteiger partial charge in [-0.15, -0.1) is 6.42 Å². The van der Waals surface area contributed by atoms with Gasteiger partial charge in [-0.3, -0.25) is 23.7 Å². The van der Waals surface area contributed by atoms with Crippen LogP contribution < -0.4 is 21.5 Å². The number of terminal acetylenes is 1. The molecule has 0 bridgehead atoms. The summed E-state index contributed by atoms with van der Waals surface area (Å²) in [5.41, 5.74) is 0.469. The molecule has 3 unspecified atom stereocenters. The molecule has 2 aliphatic rings. The van der Waals surface area contributed by atoms with Gasteiger partial charge in [-0.05, 0) is 37.8 Å². The first-order chi connectivity index (χ1) is 12.9. The van der Waals surface area contributed by atoms with E-state index >= 15 is 0 Å². The molecule has 3 atom stereocenters. The molecular formula is C19H22N4O4. The molecule has 142 valence electrons. The van der Waals surface area contributed by atoms with Gasteiger partial charge >= 0.3 is 0 Å². The Labute approximate surface area is 156 Å². The van der Waals surface area contributed by atoms with Crippen molar-refractivity contribution in [3.05, 3.63) is 28.2 Å². The Morgan fingerprint density at radius 2 is 2.15 bits per heavy atom. The Kier molecular flexibility index (Phi) is 5.31. The van der Waals surface area contributed by atoms with E-state index in [0.717, 1.165) is 5.69 Å². The van der Waals surface area contributed by atoms with Crippen molar-refractivity contribution in [1.82, 2.24) is 15.2 Å². The zero-order valence-electron chi connectivity index (χ0n) is 15.1. The highest BCUT2D eigenvalue weighted by Crippen LogP contribution is 2.25. The van der Waals surface area contributed by atoms with Crippen molar-refractivity contribution in [1.29, 1.82) is 0 Å². The number of hydrogen-bond acceptors (Lipinski definition) is 4. The van der Waals surface area contributed by atoms with Crippen LogP contribution in [0.3, 0.4) is 0 Å². The van der Waals surface area contributed by atoms with Crippen LogP contribution in [-0.2, 0) is 20.8 Å². The van der Waals surface area contributed by atoms with Gasteiger partial charge < -0.3 is 16.0 Å². The molecule has 0 radical (unpaired) electrons. The van der Waals surface area contributed by atoms with Gasteiger partial charge in [0.05, 0.1) is 6.04 Å². The highest BCUT2D eigenvalue weighted by Gasteiger charge is 2.32. The van der Waals surface area contributed by atoms with Gasteiger partial charge in [-0.1, -0.05) is 5.92 Å². The van der Waals surface area contributed by atoms with Crippen LogP contribution in [0.25, 0.3) is 0 Å². The van der Waals surface area contributed by atoms with E-state index in [0.29, 0.717) is 32.2 Å². The van der Waals surface area contributed by atoms with Crippen LogP contribution in [0.2, 0.25) is 0 Å². The number of carbonyl (C=O) groups excluding carboxylic acids is 3. The van der Waals surface area contributed by atoms with Gasteiger partial charge in [0.15, 0.2) is 0 Å². The van der Waals surface area contributed by atoms with Crippen LogP contribution >= 0.6 is 0 Å². The van der Waals surface area contributed by atoms with E-state index < -0.39 is 17.6 Å². The maximum Gasteiger partial charge on any atom is 0.275 e. The molecule has 1 fully saturated rings. The average molecular weight is 370 g/mol. The van der Waals surface area contributed by atoms with E-state index in [1.807, 2.05) is 0 Å². The number of aryl methyl sites for hydroxylation is 1. The monoisotopic (exact) mass is 370 g/mol. The molecule has 27 heavy (non-hydrogen) atoms. The van der Waals surface area contributed by atoms with Gasteiger partial charge in [0.25, 0.3) is 5.56 Å². The lowest BCUT2D eigenvalue weighted by Crippen LogP contribution is -2.42. The fourth-order valence-electron chi connectivity index (χ4n) is 3.67. The summed E-state index contributed by atoms with van der Waals surface area (Å²) in [4.78, 5) is 48.4. The first-order valence-electron chi connectivity index (χ1n) is 8.97. The minimum absolute atomic E-state index is 0.0492. The molecule has 0 spiro atoms. The summed E-state index contributed by atoms with van der Waals surface area (Å²) in [5.74, 6) is 1.56. The van der Waals surface area contributed by atoms with Crippen LogP contribution in [0.4, 0.5) is 5.69 Å². The van der Waals surface area contributed by atoms with E-state index in [9.17, 15) is 19.2 Å². The lowest BCUT2D eigenvalue weighted by Gasteiger charge is -2.20. The summed E-state index contributed by atoms with van der Waals surface area (Å²) in [7, 11) is 0. The Morgan fingerprint density at radius 1 is 1.37 bits per heavy atom. The van der Waals surface area contributed by atoms with Crippen molar-refractivity contribution in [3.8, 4) is 12.3 Å². The van der Waals surface area contributed by atoms with Gasteiger partial charge in [-0.25, -0.2) is 0 Å². The maximum absolute atomic E-state index is 12.8. The largest absolute Gasteiger partial charge is 0.356 e. The van der Waals surface area contributed by atoms with E-state index in [4.69, 9.17) is 6.42 Å². The Bertz CT molecular complexity index is 883. The minimum Gasteiger partial charge on any atom is -0.356 e. The third-order valence-corrected chi connectivity index (χ3v) is 5.00. The van der Waals surface area contributed by atoms with Gasteiger partial charge in [0, 0.05) is 25.1 Å². The molecule has 0 aliphatic carbocycles. The molecule has 3 rings (SSSR count). The van der Waals surface area contributed by atoms with Crippen molar-refractivity contribution in [2.75, 3.05) is 11.9 Å². The number of nitrogens with one attached hydrogen (secondary N) is 3. The smallest absolute Gasteiger partial charge is 0.275 e. The summed E-state index contributed by atoms with van der Waals surface area (Å²) < 4.78 is 1.41. The number of rotatable bonds is 5. The van der Waals surface area contributed by atoms with E-state index in [1.54, 1.807) is 12.1 Å². The van der Waals surface area contributed by atoms with Crippen LogP contribution in [-0.4, -0.2) is 34.9 Å². The van der Waals surface area contributed by atoms with Crippen LogP contribution in [0.1, 0.15) is 37.9 Å². The maximum atomic E-state index is 12.8. The Morgan fingerprint density at radius 3 is 2.78 bits per heavy atom. The normalized spacial score (nSPS) is 21.7. The number of pyridine rings is 1. The molecule has 0 aromatic carbocycles. The standard InChI is InChI=1S/C19H22N4O4/c1-3-13(10-12-8-9-20-17(12)25)22-18(26)16-7-5-14-4-6-15(21-11(2)24)19(27)23(14)16/h1,4,6,12-13,16H,5,7-10H2,2H3,(H,20,25)(H,21,24)(H,22,26). The highest BCUT2D eigenvalue weighted by molar-refractivity contribution is 5.88. The molecular weight excluding hydrogens is 348 g/mol. The predicted molar refractivity (Wildman–Crippen MR) is 98.9 cm³/mol. The molecule has 8 nitrogen and oxygen atoms in total. The molecule has 2 aliphatic heterocycles. The fourth-order valence-corrected chi connectivity index (χ4v) is 3.67. The number of nitrogens with zero attached hydrogens (tertiary/aromatic N) is 1. The average Bonchev–Trinajstić information content (AvgIpc) is 3.23. The van der Waals surface area contributed by atoms with Crippen LogP contribution in [0, 0.1) is 18.3 Å². The fraction of sp³-hybridized carbons (Fsp3) is 0.474. The molecule has 3 N–H and O–H groups in total. The zero-order chi connectivity index (χ0) is 19.6. The number of anilines is 1. The second-order valence-corrected chi connectivity index (χ2v) is 6.89. The van der Waals surface area contributed by atoms with Crippen LogP contribution in [0.15, 0.2) is 16.9 Å². The van der Waals surface area contributed by atoms with Crippen molar-refractivity contribution < 1.29 is 14.4 Å². The van der Waals surface area contributed by atoms with Crippen molar-refractivity contribution in [2.24, 2.45) is 5.92 Å². The van der Waals surface area contributed by atoms with Gasteiger partial charge in [-0.2, -0.15) is 0 Å². The van der Waals surface area contributed by atoms with E-state index in [2.05, 4.69) is 21.9 Å². The summed E-state index contributed by atoms with van der Waals surface area (Å²) in [6.07, 6.45) is 7.66. The first kappa shape index (κ1) is 18.7. The molecule has 3 amide bonds. The molecule has 0 saturated carbocycles. The second-order valence-electron chi connectivity index (χ2n) is 6.89. The number of amides is 3. The summed E-state index contributed by atoms with van der Waals surface area (Å²) >= 11 is 0. The third-order valence-electron chi connectivity index (χ3n) is 5.00. The number of aromatic nitrogens is 1. The SMILES string of the molecule is C#CC(CC1CCNC1=O)NC(=O)C1CCc2ccc(NC(C)=O)c(=O)n21. The minimum atomic E-state index is -0.686. The molecule has 1 saturated heterocycles. The van der Waals surface area contributed by atoms with E-state index in [1.165, 1.54) is 11.5 Å². The van der Waals surface area contributed by atoms with Crippen LogP contribution in [0.5, 0.6) is 0 Å². The number of carbonyl (C=O) groups is 3. The first-order valence-corrected chi connectivity index (χ1v) is 8.97. The van der Waals surface area contributed by atoms with Crippen molar-refractivity contribution >= 4 is 23.4 Å². The molecule has 8 heteroatoms. The lowest BCUT2D eigenvalue weighted by atomic mass is 9.98. The lowest BCUT2D eigenvalue weighted by molar-refractivity contribution is -0.126. The van der Waals surface area contributed by atoms with Gasteiger partial charge in [0.1, 0.15) is 11.7 Å². The summed E-state index contributed by atoms with van der Waals surface area (Å²) in [6, 6.07) is 2.03. The third kappa shape index (κ3) is 3.87. The number of fused-ring (bicyclic) bond motifs is 1. The van der Waals surface area contributed by atoms with E-state index in [-0.39, 0.29) is 29.3 Å². The van der Waals surface area contributed by atoms with Gasteiger partial charge in [0.2, 0.25) is 17.7 Å². The molecule has 3 heterocycles. The molecule has 1 aromatic rings. The van der Waals surface area contributed by atoms with Crippen molar-refractivity contribution in [3.63, 3.8) is 0 Å². The summed E-state index contributed by atoms with van der Waals surface area (Å²) in [5, 5.41) is 8.02. The Hall–Kier alpha value is -3.08. The number of hydrogen-bond donors (Lipinski definition) is 3. The second kappa shape index (κ2) is 7.66. The predicted octanol–water partition coefficient (Wildman–Crippen LogP) is -0.0618. The Balaban J connectivity index is 1.75. The molecule has 1 aromatic heterocycles. The topological polar surface area (TPSA) is 109 Å². The zero-order valence-corrected chi connectivity index (χ0v) is 15.1. The summed E-state index contributed by atoms with van der Waals surface area (Å²) in [6.45, 7) is 1.93. The quantitative estimate of drug-likeness (QED) is 0.631.